The Morgan fingerprint density at radius 2 is 2.29 bits per heavy atom. The third-order valence-electron chi connectivity index (χ3n) is 1.98. The van der Waals surface area contributed by atoms with Crippen LogP contribution in [0.1, 0.15) is 30.6 Å². The summed E-state index contributed by atoms with van der Waals surface area (Å²) in [5.41, 5.74) is 0.144. The Hall–Kier alpha value is -1.51. The maximum Gasteiger partial charge on any atom is 0.120 e. The lowest BCUT2D eigenvalue weighted by molar-refractivity contribution is -0.255. The Balaban J connectivity index is 2.78. The average Bonchev–Trinajstić information content (AvgIpc) is 2.18. The monoisotopic (exact) mass is 193 g/mol. The summed E-state index contributed by atoms with van der Waals surface area (Å²) in [6.45, 7) is 3.94. The molecule has 0 aliphatic carbocycles. The van der Waals surface area contributed by atoms with Crippen LogP contribution in [0.2, 0.25) is 0 Å². The second kappa shape index (κ2) is 4.65. The van der Waals surface area contributed by atoms with Crippen molar-refractivity contribution >= 4 is 5.97 Å². The summed E-state index contributed by atoms with van der Waals surface area (Å²) >= 11 is 0. The lowest BCUT2D eigenvalue weighted by Gasteiger charge is -2.13. The standard InChI is InChI=1S/C11H14O3/c1-3-8(2)14-10-6-4-5-9(7-10)11(12)13/h4-8H,3H2,1-2H3,(H,12,13)/p-1/t8-/m1/s1. The van der Waals surface area contributed by atoms with Crippen molar-refractivity contribution in [2.75, 3.05) is 0 Å². The number of hydrogen-bond acceptors (Lipinski definition) is 3. The number of aromatic carboxylic acids is 1. The van der Waals surface area contributed by atoms with E-state index in [0.717, 1.165) is 6.42 Å². The number of carbonyl (C=O) groups is 1. The number of rotatable bonds is 4. The molecule has 3 nitrogen and oxygen atoms in total. The molecule has 0 aliphatic heterocycles. The van der Waals surface area contributed by atoms with Crippen molar-refractivity contribution in [2.24, 2.45) is 0 Å². The molecular weight excluding hydrogens is 180 g/mol. The minimum absolute atomic E-state index is 0.0898. The zero-order valence-electron chi connectivity index (χ0n) is 8.32. The van der Waals surface area contributed by atoms with E-state index in [4.69, 9.17) is 4.74 Å². The van der Waals surface area contributed by atoms with Crippen molar-refractivity contribution in [3.8, 4) is 5.75 Å². The lowest BCUT2D eigenvalue weighted by Crippen LogP contribution is -2.22. The first kappa shape index (κ1) is 10.6. The van der Waals surface area contributed by atoms with Crippen LogP contribution in [0.15, 0.2) is 24.3 Å². The molecule has 0 heterocycles. The van der Waals surface area contributed by atoms with E-state index in [9.17, 15) is 9.90 Å². The molecule has 0 saturated carbocycles. The van der Waals surface area contributed by atoms with E-state index in [-0.39, 0.29) is 11.7 Å². The third-order valence-corrected chi connectivity index (χ3v) is 1.98. The van der Waals surface area contributed by atoms with Gasteiger partial charge in [0.2, 0.25) is 0 Å². The SMILES string of the molecule is CC[C@@H](C)Oc1cccc(C(=O)[O-])c1. The van der Waals surface area contributed by atoms with Crippen molar-refractivity contribution < 1.29 is 14.6 Å². The van der Waals surface area contributed by atoms with Gasteiger partial charge < -0.3 is 14.6 Å². The molecule has 0 unspecified atom stereocenters. The topological polar surface area (TPSA) is 49.4 Å². The molecule has 0 aromatic heterocycles. The molecule has 0 N–H and O–H groups in total. The summed E-state index contributed by atoms with van der Waals surface area (Å²) in [5, 5.41) is 10.5. The molecular formula is C11H13O3-. The van der Waals surface area contributed by atoms with Gasteiger partial charge in [0.15, 0.2) is 0 Å². The van der Waals surface area contributed by atoms with Crippen LogP contribution in [-0.2, 0) is 0 Å². The second-order valence-corrected chi connectivity index (χ2v) is 3.15. The molecule has 14 heavy (non-hydrogen) atoms. The van der Waals surface area contributed by atoms with Gasteiger partial charge >= 0.3 is 0 Å². The van der Waals surface area contributed by atoms with Crippen LogP contribution in [0.3, 0.4) is 0 Å². The fourth-order valence-corrected chi connectivity index (χ4v) is 1.01. The fourth-order valence-electron chi connectivity index (χ4n) is 1.01. The smallest absolute Gasteiger partial charge is 0.120 e. The maximum atomic E-state index is 10.5. The molecule has 0 fully saturated rings. The lowest BCUT2D eigenvalue weighted by atomic mass is 10.2. The van der Waals surface area contributed by atoms with Crippen molar-refractivity contribution in [1.82, 2.24) is 0 Å². The molecule has 0 spiro atoms. The molecule has 0 saturated heterocycles. The Kier molecular flexibility index (Phi) is 3.51. The van der Waals surface area contributed by atoms with Crippen molar-refractivity contribution in [3.05, 3.63) is 29.8 Å². The average molecular weight is 193 g/mol. The molecule has 1 atom stereocenters. The summed E-state index contributed by atoms with van der Waals surface area (Å²) in [6.07, 6.45) is 0.974. The predicted octanol–water partition coefficient (Wildman–Crippen LogP) is 1.23. The van der Waals surface area contributed by atoms with Crippen LogP contribution < -0.4 is 9.84 Å². The highest BCUT2D eigenvalue weighted by atomic mass is 16.5. The normalized spacial score (nSPS) is 12.1. The molecule has 1 aromatic rings. The van der Waals surface area contributed by atoms with Crippen molar-refractivity contribution in [2.45, 2.75) is 26.4 Å². The Morgan fingerprint density at radius 1 is 1.57 bits per heavy atom. The predicted molar refractivity (Wildman–Crippen MR) is 51.2 cm³/mol. The van der Waals surface area contributed by atoms with Crippen LogP contribution in [0.4, 0.5) is 0 Å². The zero-order chi connectivity index (χ0) is 10.6. The molecule has 1 rings (SSSR count). The van der Waals surface area contributed by atoms with Gasteiger partial charge in [-0.1, -0.05) is 19.1 Å². The van der Waals surface area contributed by atoms with Gasteiger partial charge in [-0.3, -0.25) is 0 Å². The molecule has 0 aliphatic rings. The van der Waals surface area contributed by atoms with Crippen molar-refractivity contribution in [1.29, 1.82) is 0 Å². The van der Waals surface area contributed by atoms with Crippen molar-refractivity contribution in [3.63, 3.8) is 0 Å². The van der Waals surface area contributed by atoms with E-state index < -0.39 is 5.97 Å². The van der Waals surface area contributed by atoms with Gasteiger partial charge in [-0.25, -0.2) is 0 Å². The number of carboxylic acid groups (broad SMARTS) is 1. The highest BCUT2D eigenvalue weighted by molar-refractivity contribution is 5.86. The summed E-state index contributed by atoms with van der Waals surface area (Å²) in [7, 11) is 0. The van der Waals surface area contributed by atoms with E-state index in [1.807, 2.05) is 13.8 Å². The Bertz CT molecular complexity index is 320. The van der Waals surface area contributed by atoms with E-state index >= 15 is 0 Å². The minimum atomic E-state index is -1.18. The second-order valence-electron chi connectivity index (χ2n) is 3.15. The number of ether oxygens (including phenoxy) is 1. The molecule has 76 valence electrons. The first-order valence-corrected chi connectivity index (χ1v) is 4.61. The van der Waals surface area contributed by atoms with E-state index in [2.05, 4.69) is 0 Å². The van der Waals surface area contributed by atoms with Crippen LogP contribution in [0.5, 0.6) is 5.75 Å². The molecule has 3 heteroatoms. The molecule has 0 radical (unpaired) electrons. The first-order valence-electron chi connectivity index (χ1n) is 4.61. The van der Waals surface area contributed by atoms with Gasteiger partial charge in [-0.05, 0) is 25.5 Å². The van der Waals surface area contributed by atoms with Crippen LogP contribution in [0, 0.1) is 0 Å². The van der Waals surface area contributed by atoms with Gasteiger partial charge in [0, 0.05) is 5.56 Å². The third kappa shape index (κ3) is 2.76. The van der Waals surface area contributed by atoms with Gasteiger partial charge in [0.1, 0.15) is 5.75 Å². The maximum absolute atomic E-state index is 10.5. The van der Waals surface area contributed by atoms with Crippen LogP contribution in [-0.4, -0.2) is 12.1 Å². The van der Waals surface area contributed by atoms with E-state index in [1.165, 1.54) is 12.1 Å². The fraction of sp³-hybridized carbons (Fsp3) is 0.364. The van der Waals surface area contributed by atoms with E-state index in [0.29, 0.717) is 5.75 Å². The number of carbonyl (C=O) groups excluding carboxylic acids is 1. The van der Waals surface area contributed by atoms with Gasteiger partial charge in [0.25, 0.3) is 0 Å². The number of hydrogen-bond donors (Lipinski definition) is 0. The number of benzene rings is 1. The summed E-state index contributed by atoms with van der Waals surface area (Å²) < 4.78 is 5.46. The molecule has 0 bridgehead atoms. The Labute approximate surface area is 83.3 Å². The summed E-state index contributed by atoms with van der Waals surface area (Å²) in [4.78, 5) is 10.5. The minimum Gasteiger partial charge on any atom is -0.545 e. The van der Waals surface area contributed by atoms with E-state index in [1.54, 1.807) is 12.1 Å². The Morgan fingerprint density at radius 3 is 2.86 bits per heavy atom. The quantitative estimate of drug-likeness (QED) is 0.722. The van der Waals surface area contributed by atoms with Gasteiger partial charge in [0.05, 0.1) is 12.1 Å². The van der Waals surface area contributed by atoms with Gasteiger partial charge in [-0.15, -0.1) is 0 Å². The highest BCUT2D eigenvalue weighted by Gasteiger charge is 2.01. The van der Waals surface area contributed by atoms with Crippen LogP contribution in [0.25, 0.3) is 0 Å². The van der Waals surface area contributed by atoms with Crippen LogP contribution >= 0.6 is 0 Å². The summed E-state index contributed by atoms with van der Waals surface area (Å²) in [5.74, 6) is -0.611. The first-order chi connectivity index (χ1) is 6.63. The molecule has 1 aromatic carbocycles. The highest BCUT2D eigenvalue weighted by Crippen LogP contribution is 2.15. The zero-order valence-corrected chi connectivity index (χ0v) is 8.32. The number of carboxylic acids is 1. The molecule has 0 amide bonds. The van der Waals surface area contributed by atoms with Gasteiger partial charge in [-0.2, -0.15) is 0 Å². The largest absolute Gasteiger partial charge is 0.545 e. The summed E-state index contributed by atoms with van der Waals surface area (Å²) in [6, 6.07) is 6.34.